The van der Waals surface area contributed by atoms with Gasteiger partial charge in [0.25, 0.3) is 5.91 Å². The lowest BCUT2D eigenvalue weighted by molar-refractivity contribution is -0.385. The van der Waals surface area contributed by atoms with E-state index in [9.17, 15) is 14.9 Å². The van der Waals surface area contributed by atoms with Gasteiger partial charge in [0.1, 0.15) is 5.69 Å². The summed E-state index contributed by atoms with van der Waals surface area (Å²) in [5.41, 5.74) is 0.355. The molecule has 1 amide bonds. The largest absolute Gasteiger partial charge is 0.322 e. The lowest BCUT2D eigenvalue weighted by Crippen LogP contribution is -2.18. The molecule has 1 heterocycles. The van der Waals surface area contributed by atoms with Gasteiger partial charge >= 0.3 is 5.69 Å². The molecule has 0 spiro atoms. The number of para-hydroxylation sites is 1. The molecule has 0 radical (unpaired) electrons. The average Bonchev–Trinajstić information content (AvgIpc) is 2.93. The molecule has 1 aromatic heterocycles. The first-order valence-corrected chi connectivity index (χ1v) is 9.08. The van der Waals surface area contributed by atoms with Gasteiger partial charge in [-0.05, 0) is 43.3 Å². The summed E-state index contributed by atoms with van der Waals surface area (Å²) in [6.45, 7) is 1.50. The van der Waals surface area contributed by atoms with Gasteiger partial charge in [-0.3, -0.25) is 19.6 Å². The van der Waals surface area contributed by atoms with E-state index in [0.717, 1.165) is 9.79 Å². The minimum absolute atomic E-state index is 0.0937. The zero-order valence-corrected chi connectivity index (χ0v) is 16.0. The van der Waals surface area contributed by atoms with Crippen LogP contribution in [0.2, 0.25) is 5.02 Å². The molecule has 1 N–H and O–H groups in total. The summed E-state index contributed by atoms with van der Waals surface area (Å²) in [4.78, 5) is 25.2. The molecule has 0 bridgehead atoms. The van der Waals surface area contributed by atoms with Gasteiger partial charge in [-0.2, -0.15) is 5.10 Å². The Kier molecular flexibility index (Phi) is 5.48. The topological polar surface area (TPSA) is 90.1 Å². The molecule has 0 atom stereocenters. The third kappa shape index (κ3) is 4.12. The number of benzene rings is 2. The first-order valence-electron chi connectivity index (χ1n) is 7.88. The molecule has 0 aliphatic heterocycles. The predicted octanol–water partition coefficient (Wildman–Crippen LogP) is 4.69. The van der Waals surface area contributed by atoms with E-state index in [4.69, 9.17) is 11.6 Å². The van der Waals surface area contributed by atoms with Crippen LogP contribution in [0.4, 0.5) is 11.4 Å². The molecular weight excluding hydrogens is 388 g/mol. The van der Waals surface area contributed by atoms with E-state index < -0.39 is 10.8 Å². The van der Waals surface area contributed by atoms with Crippen molar-refractivity contribution in [2.45, 2.75) is 16.7 Å². The summed E-state index contributed by atoms with van der Waals surface area (Å²) in [5.74, 6) is -0.589. The second-order valence-corrected chi connectivity index (χ2v) is 7.22. The predicted molar refractivity (Wildman–Crippen MR) is 105 cm³/mol. The van der Waals surface area contributed by atoms with Gasteiger partial charge in [-0.15, -0.1) is 0 Å². The summed E-state index contributed by atoms with van der Waals surface area (Å²) >= 11 is 7.36. The highest BCUT2D eigenvalue weighted by Crippen LogP contribution is 2.34. The van der Waals surface area contributed by atoms with Crippen molar-refractivity contribution in [3.8, 4) is 0 Å². The van der Waals surface area contributed by atoms with E-state index in [0.29, 0.717) is 10.7 Å². The Bertz CT molecular complexity index is 1020. The first-order chi connectivity index (χ1) is 12.9. The van der Waals surface area contributed by atoms with Gasteiger partial charge in [0.05, 0.1) is 10.6 Å². The third-order valence-corrected chi connectivity index (χ3v) is 5.10. The number of rotatable bonds is 5. The van der Waals surface area contributed by atoms with Crippen molar-refractivity contribution in [3.63, 3.8) is 0 Å². The van der Waals surface area contributed by atoms with Gasteiger partial charge in [0.15, 0.2) is 0 Å². The molecular formula is C18H15ClN4O3S. The number of nitrogens with zero attached hydrogens (tertiary/aromatic N) is 3. The van der Waals surface area contributed by atoms with Crippen molar-refractivity contribution in [1.82, 2.24) is 9.78 Å². The molecule has 2 aromatic carbocycles. The number of nitrogens with one attached hydrogen (secondary N) is 1. The fraction of sp³-hybridized carbons (Fsp3) is 0.111. The Morgan fingerprint density at radius 1 is 1.22 bits per heavy atom. The van der Waals surface area contributed by atoms with Crippen molar-refractivity contribution in [3.05, 3.63) is 75.1 Å². The number of aryl methyl sites for hydroxylation is 2. The molecule has 0 aliphatic carbocycles. The highest BCUT2D eigenvalue weighted by atomic mass is 35.5. The molecule has 138 valence electrons. The number of halogens is 1. The van der Waals surface area contributed by atoms with Crippen molar-refractivity contribution in [2.24, 2.45) is 7.05 Å². The van der Waals surface area contributed by atoms with E-state index >= 15 is 0 Å². The lowest BCUT2D eigenvalue weighted by Gasteiger charge is -2.11. The van der Waals surface area contributed by atoms with Crippen LogP contribution in [0.5, 0.6) is 0 Å². The zero-order valence-electron chi connectivity index (χ0n) is 14.5. The zero-order chi connectivity index (χ0) is 19.6. The third-order valence-electron chi connectivity index (χ3n) is 3.76. The minimum atomic E-state index is -0.592. The normalized spacial score (nSPS) is 10.6. The molecule has 0 aliphatic rings. The number of amides is 1. The highest BCUT2D eigenvalue weighted by molar-refractivity contribution is 7.99. The van der Waals surface area contributed by atoms with E-state index in [-0.39, 0.29) is 17.1 Å². The van der Waals surface area contributed by atoms with Crippen LogP contribution in [-0.4, -0.2) is 20.6 Å². The number of carbonyl (C=O) groups excluding carboxylic acids is 1. The number of anilines is 1. The molecule has 3 aromatic rings. The lowest BCUT2D eigenvalue weighted by atomic mass is 10.2. The molecule has 3 rings (SSSR count). The van der Waals surface area contributed by atoms with Crippen molar-refractivity contribution in [1.29, 1.82) is 0 Å². The maximum Gasteiger partial charge on any atom is 0.322 e. The Hall–Kier alpha value is -2.84. The second-order valence-electron chi connectivity index (χ2n) is 5.67. The second kappa shape index (κ2) is 7.81. The van der Waals surface area contributed by atoms with Crippen molar-refractivity contribution >= 4 is 40.6 Å². The maximum atomic E-state index is 12.7. The van der Waals surface area contributed by atoms with Crippen LogP contribution in [0.3, 0.4) is 0 Å². The van der Waals surface area contributed by atoms with Crippen LogP contribution >= 0.6 is 23.4 Å². The number of hydrogen-bond donors (Lipinski definition) is 1. The number of aromatic nitrogens is 2. The number of hydrogen-bond acceptors (Lipinski definition) is 5. The molecule has 27 heavy (non-hydrogen) atoms. The summed E-state index contributed by atoms with van der Waals surface area (Å²) in [6, 6.07) is 14.6. The molecule has 9 heteroatoms. The molecule has 0 unspecified atom stereocenters. The first kappa shape index (κ1) is 18.9. The van der Waals surface area contributed by atoms with Crippen LogP contribution in [0, 0.1) is 17.0 Å². The monoisotopic (exact) mass is 402 g/mol. The van der Waals surface area contributed by atoms with Crippen LogP contribution in [0.15, 0.2) is 58.3 Å². The fourth-order valence-electron chi connectivity index (χ4n) is 2.59. The van der Waals surface area contributed by atoms with Crippen LogP contribution in [0.25, 0.3) is 0 Å². The quantitative estimate of drug-likeness (QED) is 0.493. The number of nitro groups is 1. The van der Waals surface area contributed by atoms with Gasteiger partial charge in [-0.25, -0.2) is 0 Å². The Labute approximate surface area is 164 Å². The smallest absolute Gasteiger partial charge is 0.319 e. The van der Waals surface area contributed by atoms with Crippen LogP contribution in [0.1, 0.15) is 16.2 Å². The van der Waals surface area contributed by atoms with Crippen LogP contribution < -0.4 is 5.32 Å². The van der Waals surface area contributed by atoms with Gasteiger partial charge in [-0.1, -0.05) is 35.5 Å². The highest BCUT2D eigenvalue weighted by Gasteiger charge is 2.29. The van der Waals surface area contributed by atoms with Crippen molar-refractivity contribution < 1.29 is 9.72 Å². The van der Waals surface area contributed by atoms with E-state index in [1.807, 2.05) is 24.3 Å². The van der Waals surface area contributed by atoms with E-state index in [1.165, 1.54) is 30.4 Å². The average molecular weight is 403 g/mol. The van der Waals surface area contributed by atoms with Crippen LogP contribution in [-0.2, 0) is 7.05 Å². The maximum absolute atomic E-state index is 12.7. The SMILES string of the molecule is Cc1nn(C)c(C(=O)Nc2ccccc2Sc2ccc(Cl)cc2)c1[N+](=O)[O-]. The number of carbonyl (C=O) groups is 1. The standard InChI is InChI=1S/C18H15ClN4O3S/c1-11-16(23(25)26)17(22(2)21-11)18(24)20-14-5-3-4-6-15(14)27-13-9-7-12(19)8-10-13/h3-10H,1-2H3,(H,20,24). The Morgan fingerprint density at radius 2 is 1.89 bits per heavy atom. The van der Waals surface area contributed by atoms with Gasteiger partial charge in [0, 0.05) is 21.9 Å². The summed E-state index contributed by atoms with van der Waals surface area (Å²) in [5, 5.41) is 18.7. The molecule has 7 nitrogen and oxygen atoms in total. The Balaban J connectivity index is 1.90. The summed E-state index contributed by atoms with van der Waals surface area (Å²) < 4.78 is 1.22. The molecule has 0 fully saturated rings. The molecule has 0 saturated carbocycles. The van der Waals surface area contributed by atoms with Crippen molar-refractivity contribution in [2.75, 3.05) is 5.32 Å². The summed E-state index contributed by atoms with van der Waals surface area (Å²) in [6.07, 6.45) is 0. The van der Waals surface area contributed by atoms with E-state index in [2.05, 4.69) is 10.4 Å². The minimum Gasteiger partial charge on any atom is -0.319 e. The summed E-state index contributed by atoms with van der Waals surface area (Å²) in [7, 11) is 1.50. The van der Waals surface area contributed by atoms with E-state index in [1.54, 1.807) is 24.3 Å². The Morgan fingerprint density at radius 3 is 2.56 bits per heavy atom. The van der Waals surface area contributed by atoms with Gasteiger partial charge in [0.2, 0.25) is 5.69 Å². The fourth-order valence-corrected chi connectivity index (χ4v) is 3.62. The van der Waals surface area contributed by atoms with Gasteiger partial charge < -0.3 is 5.32 Å². The molecule has 0 saturated heterocycles.